The predicted molar refractivity (Wildman–Crippen MR) is 228 cm³/mol. The lowest BCUT2D eigenvalue weighted by atomic mass is 9.50. The molecule has 3 aromatic carbocycles. The van der Waals surface area contributed by atoms with Crippen LogP contribution < -0.4 is 20.0 Å². The molecule has 1 saturated carbocycles. The molecule has 0 unspecified atom stereocenters. The van der Waals surface area contributed by atoms with Crippen LogP contribution in [0.15, 0.2) is 84.6 Å². The quantitative estimate of drug-likeness (QED) is 0.0674. The maximum atomic E-state index is 15.4. The van der Waals surface area contributed by atoms with Crippen LogP contribution in [0, 0.1) is 49.8 Å². The summed E-state index contributed by atoms with van der Waals surface area (Å²) in [5, 5.41) is 35.2. The van der Waals surface area contributed by atoms with Gasteiger partial charge in [-0.3, -0.25) is 44.8 Å². The van der Waals surface area contributed by atoms with E-state index in [-0.39, 0.29) is 40.6 Å². The molecule has 336 valence electrons. The number of ether oxygens (including phenoxy) is 1. The fourth-order valence-corrected chi connectivity index (χ4v) is 10.1. The van der Waals surface area contributed by atoms with Gasteiger partial charge < -0.3 is 14.7 Å². The fraction of sp³-hybridized carbons (Fsp3) is 0.279. The number of rotatable bonds is 10. The number of carbonyl (C=O) groups is 4. The van der Waals surface area contributed by atoms with E-state index >= 15 is 4.79 Å². The highest BCUT2D eigenvalue weighted by Gasteiger charge is 2.70. The van der Waals surface area contributed by atoms with Gasteiger partial charge in [0.25, 0.3) is 11.8 Å². The third-order valence-electron chi connectivity index (χ3n) is 12.5. The summed E-state index contributed by atoms with van der Waals surface area (Å²) in [6, 6.07) is 12.9. The first-order valence-electron chi connectivity index (χ1n) is 19.6. The van der Waals surface area contributed by atoms with Gasteiger partial charge in [0.2, 0.25) is 11.8 Å². The second-order valence-corrected chi connectivity index (χ2v) is 16.9. The number of nitrogens with one attached hydrogen (secondary N) is 1. The predicted octanol–water partition coefficient (Wildman–Crippen LogP) is 7.74. The van der Waals surface area contributed by atoms with Gasteiger partial charge in [0.1, 0.15) is 0 Å². The fourth-order valence-electron chi connectivity index (χ4n) is 9.74. The molecular formula is C43H34Cl2F3N7O10. The zero-order chi connectivity index (χ0) is 47.0. The van der Waals surface area contributed by atoms with E-state index in [1.54, 1.807) is 36.4 Å². The number of hydrogen-bond acceptors (Lipinski definition) is 13. The third-order valence-corrected chi connectivity index (χ3v) is 13.0. The van der Waals surface area contributed by atoms with Crippen molar-refractivity contribution in [2.75, 3.05) is 36.4 Å². The van der Waals surface area contributed by atoms with Crippen molar-refractivity contribution in [3.8, 4) is 11.5 Å². The molecule has 2 aliphatic carbocycles. The Bertz CT molecular complexity index is 2770. The summed E-state index contributed by atoms with van der Waals surface area (Å²) < 4.78 is 46.0. The Labute approximate surface area is 375 Å². The molecule has 2 N–H and O–H groups in total. The van der Waals surface area contributed by atoms with Crippen molar-refractivity contribution in [3.63, 3.8) is 0 Å². The number of hydrazine groups is 1. The molecule has 0 spiro atoms. The number of fused-ring (bicyclic) bond motifs is 4. The number of anilines is 3. The molecule has 2 saturated heterocycles. The molecule has 65 heavy (non-hydrogen) atoms. The number of aromatic hydroxyl groups is 1. The molecule has 1 aromatic heterocycles. The summed E-state index contributed by atoms with van der Waals surface area (Å²) in [5.41, 5.74) is -1.55. The Morgan fingerprint density at radius 3 is 2.20 bits per heavy atom. The molecule has 0 bridgehead atoms. The van der Waals surface area contributed by atoms with E-state index in [4.69, 9.17) is 27.9 Å². The van der Waals surface area contributed by atoms with Crippen LogP contribution in [0.1, 0.15) is 29.5 Å². The molecule has 3 heterocycles. The van der Waals surface area contributed by atoms with Crippen molar-refractivity contribution in [1.82, 2.24) is 9.99 Å². The number of aromatic nitrogens is 1. The van der Waals surface area contributed by atoms with Gasteiger partial charge >= 0.3 is 17.6 Å². The van der Waals surface area contributed by atoms with Crippen molar-refractivity contribution in [2.45, 2.75) is 24.4 Å². The molecule has 8 rings (SSSR count). The SMILES string of the molecule is COc1cc(C=C[C@H]2C3=CC[C@@H]4C(=O)N(c5cc([N+](=O)[O-])c(N(C)C)c([N+](=O)[O-])c5)C(=O)[C@@H]4[C@@H]3C[C@H]3C(=O)N(Nc4ncc(C(F)(F)F)cc4Cl)C(=O)[C@@]23c2ccc(Cl)cc2)ccc1O. The van der Waals surface area contributed by atoms with E-state index in [1.165, 1.54) is 50.4 Å². The third kappa shape index (κ3) is 7.16. The minimum atomic E-state index is -4.82. The lowest BCUT2D eigenvalue weighted by Crippen LogP contribution is -2.54. The van der Waals surface area contributed by atoms with Crippen LogP contribution in [0.3, 0.4) is 0 Å². The van der Waals surface area contributed by atoms with Crippen LogP contribution in [0.2, 0.25) is 10.0 Å². The molecular weight excluding hydrogens is 902 g/mol. The summed E-state index contributed by atoms with van der Waals surface area (Å²) in [5.74, 6) is -9.72. The number of imide groups is 2. The largest absolute Gasteiger partial charge is 0.504 e. The zero-order valence-corrected chi connectivity index (χ0v) is 35.6. The second-order valence-electron chi connectivity index (χ2n) is 16.0. The lowest BCUT2D eigenvalue weighted by Gasteiger charge is -2.49. The monoisotopic (exact) mass is 935 g/mol. The number of phenolic OH excluding ortho intramolecular Hbond substituents is 1. The van der Waals surface area contributed by atoms with Crippen LogP contribution in [0.25, 0.3) is 6.08 Å². The summed E-state index contributed by atoms with van der Waals surface area (Å²) in [7, 11) is 4.06. The number of alkyl halides is 3. The number of nitro groups is 2. The van der Waals surface area contributed by atoms with E-state index in [0.717, 1.165) is 12.1 Å². The first kappa shape index (κ1) is 44.5. The van der Waals surface area contributed by atoms with Crippen LogP contribution in [-0.2, 0) is 30.8 Å². The Kier molecular flexibility index (Phi) is 11.1. The first-order valence-corrected chi connectivity index (χ1v) is 20.4. The minimum absolute atomic E-state index is 0.0918. The highest BCUT2D eigenvalue weighted by atomic mass is 35.5. The minimum Gasteiger partial charge on any atom is -0.504 e. The average Bonchev–Trinajstić information content (AvgIpc) is 3.63. The number of halogens is 5. The standard InChI is InChI=1S/C43H34Cl2F3N7O10/c1-51(2)36-31(54(61)62)16-24(17-32(36)55(63)64)52-38(57)26-11-10-25-27(35(26)40(52)59)18-29-39(58)53(50-37-30(45)15-22(19-49-37)43(46,47)48)41(60)42(29,21-6-8-23(44)9-7-21)28(25)12-4-20-5-13-33(56)34(14-20)65-3/h4-10,12-17,19,26-29,35,56H,11,18H2,1-3H3,(H,49,50)/t26-,27+,28-,29-,35-,42-/m0/s1. The van der Waals surface area contributed by atoms with Gasteiger partial charge in [-0.25, -0.2) is 9.88 Å². The van der Waals surface area contributed by atoms with E-state index in [2.05, 4.69) is 10.4 Å². The van der Waals surface area contributed by atoms with Crippen molar-refractivity contribution in [3.05, 3.63) is 132 Å². The van der Waals surface area contributed by atoms with Gasteiger partial charge in [-0.15, -0.1) is 0 Å². The average molecular weight is 937 g/mol. The van der Waals surface area contributed by atoms with Gasteiger partial charge in [0, 0.05) is 43.4 Å². The number of benzene rings is 3. The Hall–Kier alpha value is -7.06. The van der Waals surface area contributed by atoms with Gasteiger partial charge in [0.15, 0.2) is 23.0 Å². The number of nitrogens with zero attached hydrogens (tertiary/aromatic N) is 6. The maximum absolute atomic E-state index is 15.4. The zero-order valence-electron chi connectivity index (χ0n) is 34.1. The number of methoxy groups -OCH3 is 1. The summed E-state index contributed by atoms with van der Waals surface area (Å²) in [4.78, 5) is 87.9. The topological polar surface area (TPSA) is 219 Å². The molecule has 0 radical (unpaired) electrons. The normalized spacial score (nSPS) is 23.9. The lowest BCUT2D eigenvalue weighted by molar-refractivity contribution is -0.392. The van der Waals surface area contributed by atoms with E-state index in [0.29, 0.717) is 33.3 Å². The van der Waals surface area contributed by atoms with Crippen LogP contribution >= 0.6 is 23.2 Å². The Morgan fingerprint density at radius 1 is 0.954 bits per heavy atom. The molecule has 22 heteroatoms. The number of carbonyl (C=O) groups excluding carboxylic acids is 4. The van der Waals surface area contributed by atoms with Gasteiger partial charge in [-0.1, -0.05) is 65.2 Å². The van der Waals surface area contributed by atoms with Gasteiger partial charge in [-0.2, -0.15) is 18.2 Å². The van der Waals surface area contributed by atoms with Crippen molar-refractivity contribution in [1.29, 1.82) is 0 Å². The smallest absolute Gasteiger partial charge is 0.417 e. The summed E-state index contributed by atoms with van der Waals surface area (Å²) in [6.07, 6.45) is 0.251. The number of phenols is 1. The molecule has 6 atom stereocenters. The highest BCUT2D eigenvalue weighted by Crippen LogP contribution is 2.62. The maximum Gasteiger partial charge on any atom is 0.417 e. The van der Waals surface area contributed by atoms with Crippen LogP contribution in [0.4, 0.5) is 41.7 Å². The molecule has 4 aliphatic rings. The van der Waals surface area contributed by atoms with Crippen LogP contribution in [-0.4, -0.2) is 69.8 Å². The van der Waals surface area contributed by atoms with Gasteiger partial charge in [-0.05, 0) is 60.2 Å². The number of nitro benzene ring substituents is 2. The van der Waals surface area contributed by atoms with Crippen molar-refractivity contribution >= 4 is 81.5 Å². The molecule has 4 aromatic rings. The highest BCUT2D eigenvalue weighted by molar-refractivity contribution is 6.33. The number of allylic oxidation sites excluding steroid dienone is 3. The Balaban J connectivity index is 1.29. The van der Waals surface area contributed by atoms with E-state index in [9.17, 15) is 52.9 Å². The molecule has 17 nitrogen and oxygen atoms in total. The van der Waals surface area contributed by atoms with Crippen molar-refractivity contribution in [2.24, 2.45) is 29.6 Å². The second kappa shape index (κ2) is 16.2. The van der Waals surface area contributed by atoms with E-state index < -0.39 is 108 Å². The molecule has 2 aliphatic heterocycles. The number of pyridine rings is 1. The first-order chi connectivity index (χ1) is 30.7. The van der Waals surface area contributed by atoms with Crippen LogP contribution in [0.5, 0.6) is 11.5 Å². The number of hydrogen-bond donors (Lipinski definition) is 2. The van der Waals surface area contributed by atoms with Crippen molar-refractivity contribution < 1.29 is 52.0 Å². The summed E-state index contributed by atoms with van der Waals surface area (Å²) in [6.45, 7) is 0. The summed E-state index contributed by atoms with van der Waals surface area (Å²) >= 11 is 12.6. The number of amides is 4. The molecule has 4 amide bonds. The Morgan fingerprint density at radius 2 is 1.62 bits per heavy atom. The van der Waals surface area contributed by atoms with Gasteiger partial charge in [0.05, 0.1) is 56.4 Å². The van der Waals surface area contributed by atoms with E-state index in [1.807, 2.05) is 0 Å². The molecule has 3 fully saturated rings.